The monoisotopic (exact) mass is 434 g/mol. The first-order valence-corrected chi connectivity index (χ1v) is 8.99. The first-order chi connectivity index (χ1) is 11.5. The lowest BCUT2D eigenvalue weighted by Crippen LogP contribution is -2.28. The van der Waals surface area contributed by atoms with Gasteiger partial charge in [-0.25, -0.2) is 0 Å². The highest BCUT2D eigenvalue weighted by molar-refractivity contribution is 14.1. The van der Waals surface area contributed by atoms with Crippen LogP contribution in [0.3, 0.4) is 0 Å². The molecule has 5 heteroatoms. The minimum atomic E-state index is -0.291. The van der Waals surface area contributed by atoms with Gasteiger partial charge in [0.25, 0.3) is 0 Å². The van der Waals surface area contributed by atoms with Gasteiger partial charge in [0, 0.05) is 28.8 Å². The van der Waals surface area contributed by atoms with Gasteiger partial charge in [-0.3, -0.25) is 9.59 Å². The maximum absolute atomic E-state index is 12.4. The molecule has 1 saturated heterocycles. The molecule has 2 amide bonds. The van der Waals surface area contributed by atoms with Gasteiger partial charge < -0.3 is 10.2 Å². The van der Waals surface area contributed by atoms with Crippen LogP contribution in [0, 0.1) is 16.4 Å². The molecule has 1 unspecified atom stereocenters. The molecule has 4 nitrogen and oxygen atoms in total. The van der Waals surface area contributed by atoms with Crippen LogP contribution in [-0.4, -0.2) is 23.3 Å². The molecule has 24 heavy (non-hydrogen) atoms. The maximum Gasteiger partial charge on any atom is 0.229 e. The molecule has 1 atom stereocenters. The van der Waals surface area contributed by atoms with Crippen molar-refractivity contribution in [3.8, 4) is 0 Å². The number of nitrogens with zero attached hydrogens (tertiary/aromatic N) is 1. The van der Waals surface area contributed by atoms with E-state index < -0.39 is 0 Å². The molecule has 0 aliphatic carbocycles. The summed E-state index contributed by atoms with van der Waals surface area (Å²) in [5, 5.41) is 2.91. The van der Waals surface area contributed by atoms with Crippen LogP contribution in [0.5, 0.6) is 0 Å². The van der Waals surface area contributed by atoms with E-state index in [1.165, 1.54) is 5.56 Å². The van der Waals surface area contributed by atoms with Gasteiger partial charge in [0.2, 0.25) is 11.8 Å². The van der Waals surface area contributed by atoms with Gasteiger partial charge in [0.05, 0.1) is 5.92 Å². The second kappa shape index (κ2) is 7.34. The Morgan fingerprint density at radius 2 is 2.00 bits per heavy atom. The van der Waals surface area contributed by atoms with Crippen molar-refractivity contribution in [2.75, 3.05) is 11.9 Å². The van der Waals surface area contributed by atoms with Crippen LogP contribution >= 0.6 is 22.6 Å². The van der Waals surface area contributed by atoms with Crippen LogP contribution in [0.1, 0.15) is 17.5 Å². The Bertz CT molecular complexity index is 758. The van der Waals surface area contributed by atoms with E-state index in [-0.39, 0.29) is 24.2 Å². The third kappa shape index (κ3) is 4.14. The summed E-state index contributed by atoms with van der Waals surface area (Å²) in [7, 11) is 0. The molecule has 0 aromatic heterocycles. The third-order valence-electron chi connectivity index (χ3n) is 4.17. The summed E-state index contributed by atoms with van der Waals surface area (Å²) in [6, 6.07) is 15.8. The van der Waals surface area contributed by atoms with Crippen molar-refractivity contribution in [3.63, 3.8) is 0 Å². The quantitative estimate of drug-likeness (QED) is 0.748. The van der Waals surface area contributed by atoms with E-state index in [4.69, 9.17) is 0 Å². The van der Waals surface area contributed by atoms with Crippen molar-refractivity contribution in [1.29, 1.82) is 0 Å². The molecule has 1 aliphatic rings. The van der Waals surface area contributed by atoms with E-state index in [0.717, 1.165) is 14.8 Å². The van der Waals surface area contributed by atoms with Crippen LogP contribution in [0.2, 0.25) is 0 Å². The molecule has 0 spiro atoms. The second-order valence-electron chi connectivity index (χ2n) is 6.16. The molecule has 2 aromatic carbocycles. The van der Waals surface area contributed by atoms with Gasteiger partial charge in [-0.1, -0.05) is 35.9 Å². The fourth-order valence-corrected chi connectivity index (χ4v) is 3.37. The molecule has 1 aliphatic heterocycles. The molecule has 2 aromatic rings. The zero-order valence-corrected chi connectivity index (χ0v) is 15.6. The van der Waals surface area contributed by atoms with E-state index in [2.05, 4.69) is 27.9 Å². The van der Waals surface area contributed by atoms with Crippen LogP contribution in [0.25, 0.3) is 0 Å². The molecule has 1 N–H and O–H groups in total. The summed E-state index contributed by atoms with van der Waals surface area (Å²) in [4.78, 5) is 26.4. The Kier molecular flexibility index (Phi) is 5.18. The standard InChI is InChI=1S/C19H19IN2O2/c1-13-5-7-14(8-6-13)11-22-12-15(9-18(22)23)19(24)21-17-4-2-3-16(20)10-17/h2-8,10,15H,9,11-12H2,1H3,(H,21,24). The van der Waals surface area contributed by atoms with Crippen molar-refractivity contribution >= 4 is 40.1 Å². The van der Waals surface area contributed by atoms with Gasteiger partial charge in [-0.2, -0.15) is 0 Å². The Morgan fingerprint density at radius 3 is 2.71 bits per heavy atom. The fourth-order valence-electron chi connectivity index (χ4n) is 2.83. The maximum atomic E-state index is 12.4. The minimum absolute atomic E-state index is 0.0402. The zero-order valence-electron chi connectivity index (χ0n) is 13.5. The average molecular weight is 434 g/mol. The Morgan fingerprint density at radius 1 is 1.25 bits per heavy atom. The van der Waals surface area contributed by atoms with Crippen molar-refractivity contribution < 1.29 is 9.59 Å². The third-order valence-corrected chi connectivity index (χ3v) is 4.84. The lowest BCUT2D eigenvalue weighted by atomic mass is 10.1. The lowest BCUT2D eigenvalue weighted by Gasteiger charge is -2.17. The number of carbonyl (C=O) groups is 2. The Hall–Kier alpha value is -1.89. The summed E-state index contributed by atoms with van der Waals surface area (Å²) in [6.07, 6.45) is 0.279. The van der Waals surface area contributed by atoms with Gasteiger partial charge >= 0.3 is 0 Å². The number of aryl methyl sites for hydroxylation is 1. The van der Waals surface area contributed by atoms with E-state index in [1.807, 2.05) is 55.5 Å². The van der Waals surface area contributed by atoms with Gasteiger partial charge in [-0.05, 0) is 53.3 Å². The van der Waals surface area contributed by atoms with Gasteiger partial charge in [0.15, 0.2) is 0 Å². The Labute approximate surface area is 155 Å². The minimum Gasteiger partial charge on any atom is -0.338 e. The summed E-state index contributed by atoms with van der Waals surface area (Å²) < 4.78 is 1.06. The highest BCUT2D eigenvalue weighted by atomic mass is 127. The van der Waals surface area contributed by atoms with Crippen LogP contribution in [0.15, 0.2) is 48.5 Å². The number of likely N-dealkylation sites (tertiary alicyclic amines) is 1. The molecule has 0 saturated carbocycles. The number of carbonyl (C=O) groups excluding carboxylic acids is 2. The van der Waals surface area contributed by atoms with Crippen molar-refractivity contribution in [3.05, 3.63) is 63.2 Å². The summed E-state index contributed by atoms with van der Waals surface area (Å²) in [5.41, 5.74) is 3.06. The number of hydrogen-bond acceptors (Lipinski definition) is 2. The molecule has 0 radical (unpaired) electrons. The number of anilines is 1. The van der Waals surface area contributed by atoms with Crippen molar-refractivity contribution in [2.24, 2.45) is 5.92 Å². The molecular formula is C19H19IN2O2. The molecule has 124 valence electrons. The molecule has 1 fully saturated rings. The normalized spacial score (nSPS) is 17.2. The molecule has 0 bridgehead atoms. The highest BCUT2D eigenvalue weighted by Gasteiger charge is 2.34. The summed E-state index contributed by atoms with van der Waals surface area (Å²) >= 11 is 2.21. The topological polar surface area (TPSA) is 49.4 Å². The number of amides is 2. The first-order valence-electron chi connectivity index (χ1n) is 7.91. The number of halogens is 1. The number of rotatable bonds is 4. The van der Waals surface area contributed by atoms with Crippen molar-refractivity contribution in [2.45, 2.75) is 19.9 Å². The lowest BCUT2D eigenvalue weighted by molar-refractivity contribution is -0.128. The van der Waals surface area contributed by atoms with E-state index >= 15 is 0 Å². The van der Waals surface area contributed by atoms with Crippen LogP contribution < -0.4 is 5.32 Å². The van der Waals surface area contributed by atoms with E-state index in [0.29, 0.717) is 13.1 Å². The summed E-state index contributed by atoms with van der Waals surface area (Å²) in [6.45, 7) is 3.07. The fraction of sp³-hybridized carbons (Fsp3) is 0.263. The largest absolute Gasteiger partial charge is 0.338 e. The molecule has 1 heterocycles. The predicted octanol–water partition coefficient (Wildman–Crippen LogP) is 3.59. The highest BCUT2D eigenvalue weighted by Crippen LogP contribution is 2.22. The van der Waals surface area contributed by atoms with E-state index in [1.54, 1.807) is 4.90 Å². The van der Waals surface area contributed by atoms with Crippen molar-refractivity contribution in [1.82, 2.24) is 4.90 Å². The predicted molar refractivity (Wildman–Crippen MR) is 102 cm³/mol. The number of nitrogens with one attached hydrogen (secondary N) is 1. The number of benzene rings is 2. The van der Waals surface area contributed by atoms with Crippen LogP contribution in [0.4, 0.5) is 5.69 Å². The molecular weight excluding hydrogens is 415 g/mol. The second-order valence-corrected chi connectivity index (χ2v) is 7.41. The van der Waals surface area contributed by atoms with Gasteiger partial charge in [0.1, 0.15) is 0 Å². The van der Waals surface area contributed by atoms with E-state index in [9.17, 15) is 9.59 Å². The smallest absolute Gasteiger partial charge is 0.229 e. The van der Waals surface area contributed by atoms with Crippen LogP contribution in [-0.2, 0) is 16.1 Å². The SMILES string of the molecule is Cc1ccc(CN2CC(C(=O)Nc3cccc(I)c3)CC2=O)cc1. The molecule has 3 rings (SSSR count). The first kappa shape index (κ1) is 17.0. The average Bonchev–Trinajstić information content (AvgIpc) is 2.91. The number of hydrogen-bond donors (Lipinski definition) is 1. The Balaban J connectivity index is 1.61. The van der Waals surface area contributed by atoms with Gasteiger partial charge in [-0.15, -0.1) is 0 Å². The zero-order chi connectivity index (χ0) is 17.1. The summed E-state index contributed by atoms with van der Waals surface area (Å²) in [5.74, 6) is -0.337.